The third kappa shape index (κ3) is 13.0. The van der Waals surface area contributed by atoms with Crippen molar-refractivity contribution < 1.29 is 35.9 Å². The van der Waals surface area contributed by atoms with E-state index in [1.165, 1.54) is 83.8 Å². The lowest BCUT2D eigenvalue weighted by Gasteiger charge is -2.07. The maximum Gasteiger partial charge on any atom is 0.227 e. The normalized spacial score (nSPS) is 11.7. The summed E-state index contributed by atoms with van der Waals surface area (Å²) in [5.41, 5.74) is 35.2. The van der Waals surface area contributed by atoms with E-state index in [4.69, 9.17) is 27.6 Å². The van der Waals surface area contributed by atoms with Gasteiger partial charge in [0.15, 0.2) is 47.1 Å². The molecule has 0 aliphatic carbocycles. The fraction of sp³-hybridized carbons (Fsp3) is 0.289. The number of hydrogen-bond donors (Lipinski definition) is 0. The van der Waals surface area contributed by atoms with Crippen molar-refractivity contribution in [2.75, 3.05) is 0 Å². The van der Waals surface area contributed by atoms with E-state index >= 15 is 0 Å². The first kappa shape index (κ1) is 69.7. The number of rotatable bonds is 8. The molecule has 0 unspecified atom stereocenters. The zero-order valence-corrected chi connectivity index (χ0v) is 63.6. The van der Waals surface area contributed by atoms with Gasteiger partial charge < -0.3 is 17.7 Å². The molecular weight excluding hydrogens is 1260 g/mol. The molecule has 0 amide bonds. The molecule has 0 N–H and O–H groups in total. The molecule has 0 spiro atoms. The highest BCUT2D eigenvalue weighted by Crippen LogP contribution is 2.42. The number of fused-ring (bicyclic) bond motifs is 12. The standard InChI is InChI=1S/C24H27N2O.C23H25N2O.C22H23N2O.C21H21N2O/c1-14(2)11-18-8-10-20-19-9-7-15(3)22(23(19)27-24(20)25-18)21-12-16(4)17(5)13-26(21)6;1-13(2)19-10-9-18-17-8-7-14(3)21(22(17)26-23(18)24-19)20-11-15(4)16(5)12-25(20)6;1-6-16-8-10-18-17-9-7-13(2)20(21(17)25-22(18)23-16)19-11-14(3)15(4)12-24(19)5;1-12-6-8-16-17-9-7-15(4)22-21(17)24-20(16)19(12)18-10-13(2)14(3)11-23(18)5/h7-10,12-14H,11H2,1-6H3;7-13H,1-6H3;7-12H,6H2,1-5H3;6-11H,1-5H3/q4*+1. The van der Waals surface area contributed by atoms with Gasteiger partial charge in [0.05, 0.1) is 22.3 Å². The summed E-state index contributed by atoms with van der Waals surface area (Å²) >= 11 is 0. The lowest BCUT2D eigenvalue weighted by Crippen LogP contribution is -2.31. The van der Waals surface area contributed by atoms with E-state index in [1.54, 1.807) is 0 Å². The molecule has 16 rings (SSSR count). The molecular formula is C90H96N8O4+4. The topological polar surface area (TPSA) is 120 Å². The van der Waals surface area contributed by atoms with Crippen molar-refractivity contribution in [1.82, 2.24) is 19.9 Å². The Bertz CT molecular complexity index is 6010. The molecule has 4 aromatic carbocycles. The van der Waals surface area contributed by atoms with Gasteiger partial charge in [0, 0.05) is 112 Å². The minimum atomic E-state index is 0.381. The number of aromatic nitrogens is 8. The van der Waals surface area contributed by atoms with Gasteiger partial charge in [-0.1, -0.05) is 83.1 Å². The lowest BCUT2D eigenvalue weighted by molar-refractivity contribution is -0.660. The molecule has 12 heteroatoms. The van der Waals surface area contributed by atoms with E-state index in [0.717, 1.165) is 146 Å². The lowest BCUT2D eigenvalue weighted by atomic mass is 9.99. The highest BCUT2D eigenvalue weighted by Gasteiger charge is 2.27. The van der Waals surface area contributed by atoms with Crippen LogP contribution in [-0.4, -0.2) is 19.9 Å². The highest BCUT2D eigenvalue weighted by molar-refractivity contribution is 6.12. The van der Waals surface area contributed by atoms with E-state index < -0.39 is 0 Å². The first-order chi connectivity index (χ1) is 48.7. The molecule has 0 aliphatic rings. The van der Waals surface area contributed by atoms with E-state index in [-0.39, 0.29) is 0 Å². The Morgan fingerprint density at radius 2 is 0.588 bits per heavy atom. The summed E-state index contributed by atoms with van der Waals surface area (Å²) in [6, 6.07) is 43.2. The third-order valence-electron chi connectivity index (χ3n) is 20.7. The minimum Gasteiger partial charge on any atom is -0.437 e. The van der Waals surface area contributed by atoms with Gasteiger partial charge in [-0.05, 0) is 208 Å². The largest absolute Gasteiger partial charge is 0.437 e. The molecule has 16 aromatic rings. The molecule has 0 saturated heterocycles. The van der Waals surface area contributed by atoms with Gasteiger partial charge in [0.1, 0.15) is 28.2 Å². The van der Waals surface area contributed by atoms with Crippen LogP contribution >= 0.6 is 0 Å². The molecule has 0 fully saturated rings. The summed E-state index contributed by atoms with van der Waals surface area (Å²) in [7, 11) is 8.38. The molecule has 0 saturated carbocycles. The van der Waals surface area contributed by atoms with Crippen molar-refractivity contribution in [3.8, 4) is 45.0 Å². The summed E-state index contributed by atoms with van der Waals surface area (Å²) in [5, 5.41) is 8.83. The van der Waals surface area contributed by atoms with E-state index in [1.807, 2.05) is 13.0 Å². The molecule has 516 valence electrons. The SMILES string of the molecule is CCc1ccc2c(n1)oc1c(-c3cc(C)c(C)c[n+]3C)c(C)ccc12.Cc1cc(-c2c(C)ccc3c2oc2nc(C(C)C)ccc23)[n+](C)cc1C.Cc1cc(-c2c(C)ccc3c2oc2nc(CC(C)C)ccc23)[n+](C)cc1C.Cc1ccc2c(n1)oc1c(-c3cc(C)c(C)c[n+]3C)c(C)ccc12. The minimum absolute atomic E-state index is 0.381. The van der Waals surface area contributed by atoms with Crippen molar-refractivity contribution in [1.29, 1.82) is 0 Å². The van der Waals surface area contributed by atoms with Crippen LogP contribution in [0.5, 0.6) is 0 Å². The summed E-state index contributed by atoms with van der Waals surface area (Å²) in [5.74, 6) is 0.957. The monoisotopic (exact) mass is 1350 g/mol. The van der Waals surface area contributed by atoms with E-state index in [2.05, 4.69) is 314 Å². The number of aryl methyl sites for hydroxylation is 18. The van der Waals surface area contributed by atoms with Gasteiger partial charge in [0.25, 0.3) is 0 Å². The van der Waals surface area contributed by atoms with Crippen LogP contribution in [0.3, 0.4) is 0 Å². The van der Waals surface area contributed by atoms with Crippen LogP contribution in [0.25, 0.3) is 133 Å². The Labute approximate surface area is 599 Å². The maximum atomic E-state index is 6.34. The fourth-order valence-corrected chi connectivity index (χ4v) is 14.3. The van der Waals surface area contributed by atoms with Gasteiger partial charge in [-0.3, -0.25) is 0 Å². The number of benzene rings is 4. The predicted octanol–water partition coefficient (Wildman–Crippen LogP) is 20.8. The molecule has 12 heterocycles. The second kappa shape index (κ2) is 27.7. The van der Waals surface area contributed by atoms with Crippen LogP contribution in [-0.2, 0) is 41.0 Å². The second-order valence-electron chi connectivity index (χ2n) is 29.3. The molecule has 12 nitrogen and oxygen atoms in total. The van der Waals surface area contributed by atoms with Crippen molar-refractivity contribution >= 4 is 88.3 Å². The fourth-order valence-electron chi connectivity index (χ4n) is 14.3. The smallest absolute Gasteiger partial charge is 0.227 e. The van der Waals surface area contributed by atoms with Crippen LogP contribution < -0.4 is 18.3 Å². The van der Waals surface area contributed by atoms with Crippen molar-refractivity contribution in [2.24, 2.45) is 34.1 Å². The first-order valence-electron chi connectivity index (χ1n) is 35.8. The molecule has 0 bridgehead atoms. The Balaban J connectivity index is 0.000000121. The van der Waals surface area contributed by atoms with E-state index in [0.29, 0.717) is 17.5 Å². The zero-order valence-electron chi connectivity index (χ0n) is 63.6. The number of pyridine rings is 8. The van der Waals surface area contributed by atoms with Crippen molar-refractivity contribution in [2.45, 2.75) is 143 Å². The second-order valence-corrected chi connectivity index (χ2v) is 29.3. The van der Waals surface area contributed by atoms with Gasteiger partial charge in [0.2, 0.25) is 45.6 Å². The number of nitrogens with zero attached hydrogens (tertiary/aromatic N) is 8. The zero-order chi connectivity index (χ0) is 72.6. The van der Waals surface area contributed by atoms with Gasteiger partial charge in [-0.15, -0.1) is 0 Å². The average Bonchev–Trinajstić information content (AvgIpc) is 1.60. The molecule has 0 atom stereocenters. The van der Waals surface area contributed by atoms with Gasteiger partial charge in [-0.25, -0.2) is 38.2 Å². The maximum absolute atomic E-state index is 6.34. The van der Waals surface area contributed by atoms with Gasteiger partial charge >= 0.3 is 0 Å². The molecule has 0 radical (unpaired) electrons. The van der Waals surface area contributed by atoms with Gasteiger partial charge in [-0.2, -0.15) is 0 Å². The van der Waals surface area contributed by atoms with Crippen molar-refractivity contribution in [3.05, 3.63) is 236 Å². The van der Waals surface area contributed by atoms with Crippen LogP contribution in [0.2, 0.25) is 0 Å². The van der Waals surface area contributed by atoms with Crippen LogP contribution in [0.4, 0.5) is 0 Å². The van der Waals surface area contributed by atoms with Crippen LogP contribution in [0.15, 0.2) is 164 Å². The van der Waals surface area contributed by atoms with Crippen LogP contribution in [0, 0.1) is 95.9 Å². The third-order valence-corrected chi connectivity index (χ3v) is 20.7. The molecule has 102 heavy (non-hydrogen) atoms. The first-order valence-corrected chi connectivity index (χ1v) is 35.8. The average molecular weight is 1350 g/mol. The number of hydrogen-bond acceptors (Lipinski definition) is 8. The quantitative estimate of drug-likeness (QED) is 0.138. The summed E-state index contributed by atoms with van der Waals surface area (Å²) in [4.78, 5) is 18.8. The predicted molar refractivity (Wildman–Crippen MR) is 416 cm³/mol. The highest BCUT2D eigenvalue weighted by atomic mass is 16.4. The van der Waals surface area contributed by atoms with E-state index in [9.17, 15) is 0 Å². The van der Waals surface area contributed by atoms with Crippen molar-refractivity contribution in [3.63, 3.8) is 0 Å². The molecule has 12 aromatic heterocycles. The summed E-state index contributed by atoms with van der Waals surface area (Å²) < 4.78 is 33.8. The summed E-state index contributed by atoms with van der Waals surface area (Å²) in [6.07, 6.45) is 10.6. The Morgan fingerprint density at radius 1 is 0.304 bits per heavy atom. The Kier molecular flexibility index (Phi) is 18.9. The van der Waals surface area contributed by atoms with Crippen LogP contribution in [0.1, 0.15) is 130 Å². The Morgan fingerprint density at radius 3 is 0.912 bits per heavy atom. The Hall–Kier alpha value is -10.7. The summed E-state index contributed by atoms with van der Waals surface area (Å²) in [6.45, 7) is 38.6. The number of furan rings is 4. The molecule has 0 aliphatic heterocycles.